The predicted octanol–water partition coefficient (Wildman–Crippen LogP) is 4.21. The number of hydrogen-bond donors (Lipinski definition) is 1. The van der Waals surface area contributed by atoms with E-state index in [9.17, 15) is 19.7 Å². The third kappa shape index (κ3) is 4.99. The number of rotatable bonds is 7. The number of carbonyl (C=O) groups excluding carboxylic acids is 2. The van der Waals surface area contributed by atoms with Crippen LogP contribution < -0.4 is 10.1 Å². The second-order valence-electron chi connectivity index (χ2n) is 6.23. The zero-order chi connectivity index (χ0) is 21.5. The number of nitro benzene ring substituents is 1. The average Bonchev–Trinajstić information content (AvgIpc) is 2.78. The van der Waals surface area contributed by atoms with Gasteiger partial charge in [0.05, 0.1) is 12.0 Å². The zero-order valence-electron chi connectivity index (χ0n) is 16.0. The van der Waals surface area contributed by atoms with E-state index in [1.807, 2.05) is 30.3 Å². The molecule has 0 fully saturated rings. The molecule has 0 spiro atoms. The van der Waals surface area contributed by atoms with Crippen LogP contribution in [0.1, 0.15) is 26.3 Å². The number of nitrogens with one attached hydrogen (secondary N) is 1. The Morgan fingerprint density at radius 3 is 2.33 bits per heavy atom. The van der Waals surface area contributed by atoms with E-state index >= 15 is 0 Å². The van der Waals surface area contributed by atoms with E-state index in [1.54, 1.807) is 24.3 Å². The highest BCUT2D eigenvalue weighted by atomic mass is 16.6. The van der Waals surface area contributed by atoms with Crippen molar-refractivity contribution in [2.45, 2.75) is 6.61 Å². The minimum Gasteiger partial charge on any atom is -0.489 e. The van der Waals surface area contributed by atoms with Crippen molar-refractivity contribution in [3.8, 4) is 5.75 Å². The summed E-state index contributed by atoms with van der Waals surface area (Å²) in [5.74, 6) is -0.762. The molecule has 0 aliphatic carbocycles. The molecule has 3 aromatic carbocycles. The molecule has 8 nitrogen and oxygen atoms in total. The molecule has 0 aliphatic heterocycles. The molecule has 0 heterocycles. The SMILES string of the molecule is COC(=O)c1ccc(C(=O)Nc2ccc(OCc3ccccc3)cc2)cc1[N+](=O)[O-]. The monoisotopic (exact) mass is 406 g/mol. The Balaban J connectivity index is 1.67. The summed E-state index contributed by atoms with van der Waals surface area (Å²) in [4.78, 5) is 34.6. The number of esters is 1. The standard InChI is InChI=1S/C22H18N2O6/c1-29-22(26)19-12-7-16(13-20(19)24(27)28)21(25)23-17-8-10-18(11-9-17)30-14-15-5-3-2-4-6-15/h2-13H,14H2,1H3,(H,23,25). The lowest BCUT2D eigenvalue weighted by Crippen LogP contribution is -2.13. The maximum Gasteiger partial charge on any atom is 0.344 e. The number of amides is 1. The summed E-state index contributed by atoms with van der Waals surface area (Å²) in [7, 11) is 1.12. The number of carbonyl (C=O) groups is 2. The van der Waals surface area contributed by atoms with Crippen LogP contribution in [0.3, 0.4) is 0 Å². The summed E-state index contributed by atoms with van der Waals surface area (Å²) in [6.45, 7) is 0.419. The lowest BCUT2D eigenvalue weighted by atomic mass is 10.1. The second-order valence-corrected chi connectivity index (χ2v) is 6.23. The van der Waals surface area contributed by atoms with Crippen LogP contribution in [0.2, 0.25) is 0 Å². The van der Waals surface area contributed by atoms with E-state index < -0.39 is 22.5 Å². The van der Waals surface area contributed by atoms with Crippen molar-refractivity contribution in [2.24, 2.45) is 0 Å². The molecule has 1 amide bonds. The van der Waals surface area contributed by atoms with Crippen LogP contribution >= 0.6 is 0 Å². The number of nitrogens with zero attached hydrogens (tertiary/aromatic N) is 1. The molecule has 0 atom stereocenters. The molecular weight excluding hydrogens is 388 g/mol. The van der Waals surface area contributed by atoms with Gasteiger partial charge in [0, 0.05) is 17.3 Å². The van der Waals surface area contributed by atoms with Gasteiger partial charge in [-0.25, -0.2) is 4.79 Å². The summed E-state index contributed by atoms with van der Waals surface area (Å²) < 4.78 is 10.2. The summed E-state index contributed by atoms with van der Waals surface area (Å²) >= 11 is 0. The third-order valence-corrected chi connectivity index (χ3v) is 4.22. The number of ether oxygens (including phenoxy) is 2. The molecule has 3 rings (SSSR count). The average molecular weight is 406 g/mol. The highest BCUT2D eigenvalue weighted by Crippen LogP contribution is 2.23. The Kier molecular flexibility index (Phi) is 6.39. The van der Waals surface area contributed by atoms with E-state index in [0.717, 1.165) is 18.7 Å². The molecule has 0 saturated carbocycles. The lowest BCUT2D eigenvalue weighted by Gasteiger charge is -2.09. The third-order valence-electron chi connectivity index (χ3n) is 4.22. The van der Waals surface area contributed by atoms with Crippen LogP contribution in [0, 0.1) is 10.1 Å². The number of nitro groups is 1. The van der Waals surface area contributed by atoms with Crippen molar-refractivity contribution in [1.29, 1.82) is 0 Å². The molecule has 0 bridgehead atoms. The van der Waals surface area contributed by atoms with Gasteiger partial charge < -0.3 is 14.8 Å². The van der Waals surface area contributed by atoms with Crippen LogP contribution in [0.15, 0.2) is 72.8 Å². The maximum atomic E-state index is 12.5. The molecule has 0 unspecified atom stereocenters. The van der Waals surface area contributed by atoms with Crippen molar-refractivity contribution >= 4 is 23.3 Å². The van der Waals surface area contributed by atoms with Gasteiger partial charge in [-0.2, -0.15) is 0 Å². The van der Waals surface area contributed by atoms with Crippen LogP contribution in [0.5, 0.6) is 5.75 Å². The Bertz CT molecular complexity index is 1060. The van der Waals surface area contributed by atoms with Crippen LogP contribution in [-0.4, -0.2) is 23.9 Å². The Morgan fingerprint density at radius 1 is 1.00 bits per heavy atom. The van der Waals surface area contributed by atoms with Crippen LogP contribution in [0.25, 0.3) is 0 Å². The van der Waals surface area contributed by atoms with E-state index in [2.05, 4.69) is 10.1 Å². The highest BCUT2D eigenvalue weighted by molar-refractivity contribution is 6.06. The molecule has 1 N–H and O–H groups in total. The minimum absolute atomic E-state index is 0.0405. The van der Waals surface area contributed by atoms with Crippen molar-refractivity contribution in [3.63, 3.8) is 0 Å². The molecule has 0 radical (unpaired) electrons. The van der Waals surface area contributed by atoms with E-state index in [0.29, 0.717) is 18.0 Å². The first-order valence-corrected chi connectivity index (χ1v) is 8.93. The number of methoxy groups -OCH3 is 1. The largest absolute Gasteiger partial charge is 0.489 e. The van der Waals surface area contributed by atoms with Crippen molar-refractivity contribution in [3.05, 3.63) is 99.6 Å². The molecule has 3 aromatic rings. The Hall–Kier alpha value is -4.20. The summed E-state index contributed by atoms with van der Waals surface area (Å²) in [5.41, 5.74) is 0.843. The summed E-state index contributed by atoms with van der Waals surface area (Å²) in [6.07, 6.45) is 0. The lowest BCUT2D eigenvalue weighted by molar-refractivity contribution is -0.385. The van der Waals surface area contributed by atoms with Crippen LogP contribution in [0.4, 0.5) is 11.4 Å². The highest BCUT2D eigenvalue weighted by Gasteiger charge is 2.23. The first-order chi connectivity index (χ1) is 14.5. The van der Waals surface area contributed by atoms with E-state index in [-0.39, 0.29) is 11.1 Å². The van der Waals surface area contributed by atoms with Gasteiger partial charge >= 0.3 is 5.97 Å². The topological polar surface area (TPSA) is 108 Å². The first-order valence-electron chi connectivity index (χ1n) is 8.93. The number of anilines is 1. The van der Waals surface area contributed by atoms with Crippen LogP contribution in [-0.2, 0) is 11.3 Å². The van der Waals surface area contributed by atoms with Gasteiger partial charge in [0.1, 0.15) is 17.9 Å². The maximum absolute atomic E-state index is 12.5. The molecule has 0 saturated heterocycles. The fraction of sp³-hybridized carbons (Fsp3) is 0.0909. The molecule has 152 valence electrons. The minimum atomic E-state index is -0.847. The number of hydrogen-bond acceptors (Lipinski definition) is 6. The van der Waals surface area contributed by atoms with Gasteiger partial charge in [-0.3, -0.25) is 14.9 Å². The van der Waals surface area contributed by atoms with Gasteiger partial charge in [0.15, 0.2) is 0 Å². The molecule has 8 heteroatoms. The molecule has 0 aromatic heterocycles. The van der Waals surface area contributed by atoms with Gasteiger partial charge in [-0.1, -0.05) is 30.3 Å². The summed E-state index contributed by atoms with van der Waals surface area (Å²) in [6, 6.07) is 20.0. The summed E-state index contributed by atoms with van der Waals surface area (Å²) in [5, 5.41) is 13.9. The van der Waals surface area contributed by atoms with E-state index in [1.165, 1.54) is 12.1 Å². The van der Waals surface area contributed by atoms with Gasteiger partial charge in [0.2, 0.25) is 0 Å². The quantitative estimate of drug-likeness (QED) is 0.358. The fourth-order valence-electron chi connectivity index (χ4n) is 2.69. The zero-order valence-corrected chi connectivity index (χ0v) is 16.0. The fourth-order valence-corrected chi connectivity index (χ4v) is 2.69. The first kappa shape index (κ1) is 20.5. The normalized spacial score (nSPS) is 10.2. The molecule has 30 heavy (non-hydrogen) atoms. The van der Waals surface area contributed by atoms with Gasteiger partial charge in [0.25, 0.3) is 11.6 Å². The van der Waals surface area contributed by atoms with Gasteiger partial charge in [-0.15, -0.1) is 0 Å². The molecular formula is C22H18N2O6. The number of benzene rings is 3. The van der Waals surface area contributed by atoms with Crippen molar-refractivity contribution < 1.29 is 24.0 Å². The predicted molar refractivity (Wildman–Crippen MR) is 110 cm³/mol. The Labute approximate surface area is 172 Å². The second kappa shape index (κ2) is 9.33. The van der Waals surface area contributed by atoms with Gasteiger partial charge in [-0.05, 0) is 42.0 Å². The smallest absolute Gasteiger partial charge is 0.344 e. The Morgan fingerprint density at radius 2 is 1.70 bits per heavy atom. The van der Waals surface area contributed by atoms with Crippen molar-refractivity contribution in [1.82, 2.24) is 0 Å². The van der Waals surface area contributed by atoms with E-state index in [4.69, 9.17) is 4.74 Å². The van der Waals surface area contributed by atoms with Crippen molar-refractivity contribution in [2.75, 3.05) is 12.4 Å². The molecule has 0 aliphatic rings.